The van der Waals surface area contributed by atoms with E-state index < -0.39 is 12.3 Å². The van der Waals surface area contributed by atoms with Gasteiger partial charge in [-0.15, -0.1) is 0 Å². The smallest absolute Gasteiger partial charge is 0.303 e. The minimum atomic E-state index is -0.767. The van der Waals surface area contributed by atoms with E-state index in [9.17, 15) is 14.7 Å². The predicted molar refractivity (Wildman–Crippen MR) is 198 cm³/mol. The lowest BCUT2D eigenvalue weighted by atomic mass is 9.98. The molecule has 3 aliphatic rings. The Hall–Kier alpha value is -3.60. The number of aliphatic carboxylic acids is 1. The number of aliphatic hydroxyl groups excluding tert-OH is 1. The van der Waals surface area contributed by atoms with E-state index in [-0.39, 0.29) is 31.1 Å². The molecule has 3 aromatic carbocycles. The molecule has 3 N–H and O–H groups in total. The number of aliphatic hydroxyl groups is 1. The normalized spacial score (nSPS) is 22.7. The molecular formula is C42H55N3O6. The number of carbonyl (C=O) groups excluding carboxylic acids is 1. The largest absolute Gasteiger partial charge is 0.481 e. The van der Waals surface area contributed by atoms with Crippen LogP contribution in [0.3, 0.4) is 0 Å². The van der Waals surface area contributed by atoms with Crippen molar-refractivity contribution in [3.63, 3.8) is 0 Å². The van der Waals surface area contributed by atoms with Crippen LogP contribution in [0.1, 0.15) is 105 Å². The molecule has 9 nitrogen and oxygen atoms in total. The quantitative estimate of drug-likeness (QED) is 0.130. The first kappa shape index (κ1) is 37.2. The average molecular weight is 698 g/mol. The van der Waals surface area contributed by atoms with Gasteiger partial charge in [0.15, 0.2) is 6.29 Å². The highest BCUT2D eigenvalue weighted by atomic mass is 16.7. The van der Waals surface area contributed by atoms with Gasteiger partial charge in [-0.2, -0.15) is 0 Å². The summed E-state index contributed by atoms with van der Waals surface area (Å²) in [4.78, 5) is 28.3. The number of nitrogens with one attached hydrogen (secondary N) is 1. The summed E-state index contributed by atoms with van der Waals surface area (Å²) in [5, 5.41) is 21.4. The van der Waals surface area contributed by atoms with Crippen molar-refractivity contribution in [3.05, 3.63) is 95.1 Å². The third-order valence-corrected chi connectivity index (χ3v) is 10.7. The Morgan fingerprint density at radius 3 is 2.25 bits per heavy atom. The number of rotatable bonds is 17. The van der Waals surface area contributed by atoms with Gasteiger partial charge < -0.3 is 29.9 Å². The Morgan fingerprint density at radius 1 is 0.765 bits per heavy atom. The molecule has 3 saturated heterocycles. The third kappa shape index (κ3) is 10.9. The minimum absolute atomic E-state index is 0.0169. The number of amides is 1. The standard InChI is InChI=1S/C42H55N3O6/c46-30-31-14-16-34(17-15-31)39-26-38(29-45-24-8-11-37(45)28-44-22-5-6-23-44)50-42(51-39)35-20-18-33(19-21-35)36-10-7-9-32(25-36)27-43-40(47)12-3-1-2-4-13-41(48)49/h7,9-10,14-21,25,37-39,42,46H,1-6,8,11-13,22-24,26-30H2,(H,43,47)(H,48,49)/t37-,38-,39+,42+/m0/s1. The van der Waals surface area contributed by atoms with E-state index in [2.05, 4.69) is 63.6 Å². The zero-order valence-electron chi connectivity index (χ0n) is 29.9. The predicted octanol–water partition coefficient (Wildman–Crippen LogP) is 6.99. The average Bonchev–Trinajstić information content (AvgIpc) is 3.84. The second-order valence-corrected chi connectivity index (χ2v) is 14.6. The lowest BCUT2D eigenvalue weighted by Crippen LogP contribution is -2.45. The molecule has 3 fully saturated rings. The highest BCUT2D eigenvalue weighted by Crippen LogP contribution is 2.39. The number of hydrogen-bond acceptors (Lipinski definition) is 7. The lowest BCUT2D eigenvalue weighted by molar-refractivity contribution is -0.253. The molecular weight excluding hydrogens is 642 g/mol. The molecule has 0 radical (unpaired) electrons. The fraction of sp³-hybridized carbons (Fsp3) is 0.524. The van der Waals surface area contributed by atoms with Crippen molar-refractivity contribution in [2.45, 2.75) is 108 Å². The van der Waals surface area contributed by atoms with Gasteiger partial charge in [-0.1, -0.05) is 79.6 Å². The van der Waals surface area contributed by atoms with Crippen LogP contribution in [0, 0.1) is 0 Å². The summed E-state index contributed by atoms with van der Waals surface area (Å²) in [7, 11) is 0. The molecule has 0 spiro atoms. The van der Waals surface area contributed by atoms with Crippen LogP contribution in [0.5, 0.6) is 0 Å². The number of hydrogen-bond donors (Lipinski definition) is 3. The molecule has 6 rings (SSSR count). The second kappa shape index (κ2) is 18.8. The Balaban J connectivity index is 1.07. The first-order valence-corrected chi connectivity index (χ1v) is 19.1. The number of carboxylic acid groups (broad SMARTS) is 1. The molecule has 0 saturated carbocycles. The van der Waals surface area contributed by atoms with Gasteiger partial charge in [-0.25, -0.2) is 0 Å². The molecule has 3 aromatic rings. The van der Waals surface area contributed by atoms with E-state index in [4.69, 9.17) is 14.6 Å². The monoisotopic (exact) mass is 697 g/mol. The third-order valence-electron chi connectivity index (χ3n) is 10.7. The Labute approximate surface area is 302 Å². The Bertz CT molecular complexity index is 1540. The molecule has 0 aromatic heterocycles. The summed E-state index contributed by atoms with van der Waals surface area (Å²) >= 11 is 0. The maximum atomic E-state index is 12.4. The van der Waals surface area contributed by atoms with Crippen molar-refractivity contribution in [1.29, 1.82) is 0 Å². The van der Waals surface area contributed by atoms with E-state index in [1.165, 1.54) is 38.8 Å². The topological polar surface area (TPSA) is 112 Å². The summed E-state index contributed by atoms with van der Waals surface area (Å²) in [6.07, 6.45) is 9.11. The molecule has 0 unspecified atom stereocenters. The van der Waals surface area contributed by atoms with Crippen LogP contribution in [0.4, 0.5) is 0 Å². The number of carboxylic acids is 1. The van der Waals surface area contributed by atoms with Crippen LogP contribution in [0.25, 0.3) is 11.1 Å². The highest BCUT2D eigenvalue weighted by Gasteiger charge is 2.36. The van der Waals surface area contributed by atoms with Crippen molar-refractivity contribution in [3.8, 4) is 11.1 Å². The van der Waals surface area contributed by atoms with E-state index in [1.54, 1.807) is 0 Å². The van der Waals surface area contributed by atoms with E-state index in [0.717, 1.165) is 78.7 Å². The van der Waals surface area contributed by atoms with Gasteiger partial charge in [0, 0.05) is 50.5 Å². The maximum absolute atomic E-state index is 12.4. The molecule has 0 bridgehead atoms. The summed E-state index contributed by atoms with van der Waals surface area (Å²) in [6, 6.07) is 25.4. The fourth-order valence-electron chi connectivity index (χ4n) is 7.80. The van der Waals surface area contributed by atoms with Crippen molar-refractivity contribution in [1.82, 2.24) is 15.1 Å². The molecule has 3 heterocycles. The molecule has 4 atom stereocenters. The van der Waals surface area contributed by atoms with Crippen molar-refractivity contribution >= 4 is 11.9 Å². The van der Waals surface area contributed by atoms with E-state index in [0.29, 0.717) is 25.4 Å². The van der Waals surface area contributed by atoms with Crippen molar-refractivity contribution in [2.75, 3.05) is 32.7 Å². The minimum Gasteiger partial charge on any atom is -0.481 e. The SMILES string of the molecule is O=C(O)CCCCCCC(=O)NCc1cccc(-c2ccc([C@@H]3O[C@H](CN4CCC[C@H]4CN4CCCC4)C[C@H](c4ccc(CO)cc4)O3)cc2)c1. The number of unbranched alkanes of at least 4 members (excludes halogenated alkanes) is 3. The van der Waals surface area contributed by atoms with Crippen molar-refractivity contribution < 1.29 is 29.3 Å². The molecule has 0 aliphatic carbocycles. The van der Waals surface area contributed by atoms with E-state index >= 15 is 0 Å². The van der Waals surface area contributed by atoms with Crippen LogP contribution in [-0.4, -0.2) is 76.8 Å². The highest BCUT2D eigenvalue weighted by molar-refractivity contribution is 5.76. The van der Waals surface area contributed by atoms with Crippen LogP contribution >= 0.6 is 0 Å². The van der Waals surface area contributed by atoms with Gasteiger partial charge >= 0.3 is 5.97 Å². The molecule has 9 heteroatoms. The van der Waals surface area contributed by atoms with Crippen LogP contribution < -0.4 is 5.32 Å². The van der Waals surface area contributed by atoms with Crippen LogP contribution in [0.15, 0.2) is 72.8 Å². The van der Waals surface area contributed by atoms with Gasteiger partial charge in [0.25, 0.3) is 0 Å². The van der Waals surface area contributed by atoms with Gasteiger partial charge in [-0.05, 0) is 92.0 Å². The van der Waals surface area contributed by atoms with Crippen molar-refractivity contribution in [2.24, 2.45) is 0 Å². The summed E-state index contributed by atoms with van der Waals surface area (Å²) < 4.78 is 13.4. The molecule has 3 aliphatic heterocycles. The first-order valence-electron chi connectivity index (χ1n) is 19.1. The number of likely N-dealkylation sites (tertiary alicyclic amines) is 2. The number of nitrogens with zero attached hydrogens (tertiary/aromatic N) is 2. The first-order chi connectivity index (χ1) is 24.9. The number of benzene rings is 3. The van der Waals surface area contributed by atoms with Crippen LogP contribution in [0.2, 0.25) is 0 Å². The summed E-state index contributed by atoms with van der Waals surface area (Å²) in [5.41, 5.74) is 6.19. The second-order valence-electron chi connectivity index (χ2n) is 14.6. The number of ether oxygens (including phenoxy) is 2. The van der Waals surface area contributed by atoms with Gasteiger partial charge in [-0.3, -0.25) is 14.5 Å². The zero-order chi connectivity index (χ0) is 35.4. The lowest BCUT2D eigenvalue weighted by Gasteiger charge is -2.39. The molecule has 51 heavy (non-hydrogen) atoms. The van der Waals surface area contributed by atoms with Gasteiger partial charge in [0.2, 0.25) is 5.91 Å². The molecule has 274 valence electrons. The van der Waals surface area contributed by atoms with Crippen LogP contribution in [-0.2, 0) is 32.2 Å². The summed E-state index contributed by atoms with van der Waals surface area (Å²) in [6.45, 7) is 6.12. The van der Waals surface area contributed by atoms with Gasteiger partial charge in [0.05, 0.1) is 18.8 Å². The maximum Gasteiger partial charge on any atom is 0.303 e. The Morgan fingerprint density at radius 2 is 1.51 bits per heavy atom. The fourth-order valence-corrected chi connectivity index (χ4v) is 7.80. The summed E-state index contributed by atoms with van der Waals surface area (Å²) in [5.74, 6) is -0.750. The number of carbonyl (C=O) groups is 2. The van der Waals surface area contributed by atoms with Gasteiger partial charge in [0.1, 0.15) is 0 Å². The van der Waals surface area contributed by atoms with E-state index in [1.807, 2.05) is 24.3 Å². The Kier molecular flexibility index (Phi) is 13.7. The zero-order valence-corrected chi connectivity index (χ0v) is 29.9. The molecule has 1 amide bonds.